The molecule has 4 nitrogen and oxygen atoms in total. The summed E-state index contributed by atoms with van der Waals surface area (Å²) in [5.41, 5.74) is 2.42. The molecule has 2 aliphatic rings. The van der Waals surface area contributed by atoms with Crippen LogP contribution in [0.4, 0.5) is 5.69 Å². The second-order valence-corrected chi connectivity index (χ2v) is 7.18. The monoisotopic (exact) mass is 374 g/mol. The fraction of sp³-hybridized carbons (Fsp3) is 0.0909. The van der Waals surface area contributed by atoms with Gasteiger partial charge in [0.1, 0.15) is 0 Å². The van der Waals surface area contributed by atoms with Gasteiger partial charge in [-0.25, -0.2) is 4.90 Å². The van der Waals surface area contributed by atoms with Gasteiger partial charge in [-0.1, -0.05) is 54.1 Å². The molecule has 0 N–H and O–H groups in total. The quantitative estimate of drug-likeness (QED) is 0.597. The molecular formula is C22H15ClN2O2. The summed E-state index contributed by atoms with van der Waals surface area (Å²) < 4.78 is 0. The number of amides is 2. The highest BCUT2D eigenvalue weighted by molar-refractivity contribution is 6.30. The standard InChI is InChI=1S/C22H15ClN2O2/c1-24-19-9-5-3-7-17(19)21(27)25-20(26)16-6-2-4-8-18(16)22(24,25)14-10-12-15(23)13-11-14/h2-13H,1H3. The molecule has 5 heteroatoms. The SMILES string of the molecule is CN1c2ccccc2C(=O)N2C(=O)c3ccccc3C21c1ccc(Cl)cc1. The molecule has 0 aromatic heterocycles. The van der Waals surface area contributed by atoms with Gasteiger partial charge in [0.15, 0.2) is 5.66 Å². The van der Waals surface area contributed by atoms with Crippen LogP contribution in [0.3, 0.4) is 0 Å². The Morgan fingerprint density at radius 2 is 1.37 bits per heavy atom. The third-order valence-electron chi connectivity index (χ3n) is 5.49. The lowest BCUT2D eigenvalue weighted by Gasteiger charge is -2.49. The van der Waals surface area contributed by atoms with E-state index in [9.17, 15) is 9.59 Å². The molecular weight excluding hydrogens is 360 g/mol. The van der Waals surface area contributed by atoms with Crippen LogP contribution >= 0.6 is 11.6 Å². The van der Waals surface area contributed by atoms with Crippen LogP contribution in [0, 0.1) is 0 Å². The highest BCUT2D eigenvalue weighted by Gasteiger charge is 2.59. The van der Waals surface area contributed by atoms with Crippen LogP contribution in [0.15, 0.2) is 72.8 Å². The Balaban J connectivity index is 1.91. The van der Waals surface area contributed by atoms with Crippen LogP contribution in [0.25, 0.3) is 0 Å². The minimum atomic E-state index is -1.04. The van der Waals surface area contributed by atoms with Gasteiger partial charge < -0.3 is 4.90 Å². The topological polar surface area (TPSA) is 40.6 Å². The lowest BCUT2D eigenvalue weighted by Crippen LogP contribution is -2.61. The first-order valence-electron chi connectivity index (χ1n) is 8.64. The molecule has 3 aromatic carbocycles. The lowest BCUT2D eigenvalue weighted by molar-refractivity contribution is 0.0469. The van der Waals surface area contributed by atoms with E-state index in [4.69, 9.17) is 11.6 Å². The van der Waals surface area contributed by atoms with Crippen molar-refractivity contribution in [2.24, 2.45) is 0 Å². The van der Waals surface area contributed by atoms with Gasteiger partial charge >= 0.3 is 0 Å². The normalized spacial score (nSPS) is 20.4. The number of imide groups is 1. The van der Waals surface area contributed by atoms with E-state index in [2.05, 4.69) is 0 Å². The molecule has 2 aliphatic heterocycles. The number of para-hydroxylation sites is 1. The molecule has 1 atom stereocenters. The number of nitrogens with zero attached hydrogens (tertiary/aromatic N) is 2. The lowest BCUT2D eigenvalue weighted by atomic mass is 9.86. The molecule has 0 saturated carbocycles. The Morgan fingerprint density at radius 1 is 0.778 bits per heavy atom. The molecule has 2 amide bonds. The number of rotatable bonds is 1. The number of benzene rings is 3. The third-order valence-corrected chi connectivity index (χ3v) is 5.74. The predicted molar refractivity (Wildman–Crippen MR) is 104 cm³/mol. The highest BCUT2D eigenvalue weighted by Crippen LogP contribution is 2.51. The minimum Gasteiger partial charge on any atom is -0.343 e. The van der Waals surface area contributed by atoms with Crippen LogP contribution in [0.5, 0.6) is 0 Å². The van der Waals surface area contributed by atoms with E-state index in [0.717, 1.165) is 16.8 Å². The van der Waals surface area contributed by atoms with E-state index < -0.39 is 5.66 Å². The zero-order valence-electron chi connectivity index (χ0n) is 14.5. The fourth-order valence-electron chi connectivity index (χ4n) is 4.33. The van der Waals surface area contributed by atoms with Crippen molar-refractivity contribution in [2.75, 3.05) is 11.9 Å². The number of hydrogen-bond donors (Lipinski definition) is 0. The number of carbonyl (C=O) groups is 2. The predicted octanol–water partition coefficient (Wildman–Crippen LogP) is 4.29. The van der Waals surface area contributed by atoms with Crippen molar-refractivity contribution in [3.63, 3.8) is 0 Å². The first-order valence-corrected chi connectivity index (χ1v) is 9.02. The summed E-state index contributed by atoms with van der Waals surface area (Å²) in [5.74, 6) is -0.577. The van der Waals surface area contributed by atoms with E-state index in [1.807, 2.05) is 60.5 Å². The summed E-state index contributed by atoms with van der Waals surface area (Å²) >= 11 is 6.11. The van der Waals surface area contributed by atoms with Gasteiger partial charge in [-0.3, -0.25) is 9.59 Å². The average molecular weight is 375 g/mol. The Labute approximate surface area is 161 Å². The molecule has 0 saturated heterocycles. The van der Waals surface area contributed by atoms with E-state index in [-0.39, 0.29) is 11.8 Å². The zero-order chi connectivity index (χ0) is 18.8. The Bertz CT molecular complexity index is 1110. The summed E-state index contributed by atoms with van der Waals surface area (Å²) in [6.45, 7) is 0. The molecule has 1 unspecified atom stereocenters. The first kappa shape index (κ1) is 16.1. The summed E-state index contributed by atoms with van der Waals surface area (Å²) in [6.07, 6.45) is 0. The van der Waals surface area contributed by atoms with Crippen molar-refractivity contribution in [1.29, 1.82) is 0 Å². The minimum absolute atomic E-state index is 0.285. The van der Waals surface area contributed by atoms with E-state index >= 15 is 0 Å². The molecule has 2 heterocycles. The number of fused-ring (bicyclic) bond motifs is 4. The average Bonchev–Trinajstić information content (AvgIpc) is 2.97. The highest BCUT2D eigenvalue weighted by atomic mass is 35.5. The van der Waals surface area contributed by atoms with Crippen molar-refractivity contribution in [3.8, 4) is 0 Å². The summed E-state index contributed by atoms with van der Waals surface area (Å²) in [5, 5.41) is 0.601. The molecule has 0 bridgehead atoms. The van der Waals surface area contributed by atoms with Gasteiger partial charge in [0.2, 0.25) is 0 Å². The van der Waals surface area contributed by atoms with E-state index in [1.165, 1.54) is 4.90 Å². The fourth-order valence-corrected chi connectivity index (χ4v) is 4.46. The van der Waals surface area contributed by atoms with Gasteiger partial charge in [0.05, 0.1) is 11.3 Å². The smallest absolute Gasteiger partial charge is 0.265 e. The third kappa shape index (κ3) is 1.88. The van der Waals surface area contributed by atoms with Crippen molar-refractivity contribution in [3.05, 3.63) is 100 Å². The Kier molecular flexibility index (Phi) is 3.24. The Morgan fingerprint density at radius 3 is 2.11 bits per heavy atom. The maximum atomic E-state index is 13.4. The van der Waals surface area contributed by atoms with Gasteiger partial charge in [0, 0.05) is 28.8 Å². The van der Waals surface area contributed by atoms with Crippen LogP contribution in [-0.2, 0) is 5.66 Å². The summed E-state index contributed by atoms with van der Waals surface area (Å²) in [7, 11) is 1.92. The van der Waals surface area contributed by atoms with Crippen molar-refractivity contribution >= 4 is 29.1 Å². The van der Waals surface area contributed by atoms with Crippen LogP contribution in [0.1, 0.15) is 31.8 Å². The second kappa shape index (κ2) is 5.44. The summed E-state index contributed by atoms with van der Waals surface area (Å²) in [6, 6.07) is 22.1. The first-order chi connectivity index (χ1) is 13.1. The van der Waals surface area contributed by atoms with Crippen molar-refractivity contribution in [1.82, 2.24) is 4.90 Å². The Hall–Kier alpha value is -3.11. The van der Waals surface area contributed by atoms with Gasteiger partial charge in [-0.2, -0.15) is 0 Å². The molecule has 0 spiro atoms. The maximum absolute atomic E-state index is 13.4. The molecule has 3 aromatic rings. The van der Waals surface area contributed by atoms with Crippen LogP contribution < -0.4 is 4.90 Å². The second-order valence-electron chi connectivity index (χ2n) is 6.75. The van der Waals surface area contributed by atoms with Gasteiger partial charge in [-0.05, 0) is 30.3 Å². The number of anilines is 1. The van der Waals surface area contributed by atoms with Crippen molar-refractivity contribution < 1.29 is 9.59 Å². The van der Waals surface area contributed by atoms with Crippen LogP contribution in [0.2, 0.25) is 5.02 Å². The molecule has 5 rings (SSSR count). The van der Waals surface area contributed by atoms with Crippen molar-refractivity contribution in [2.45, 2.75) is 5.66 Å². The molecule has 132 valence electrons. The van der Waals surface area contributed by atoms with E-state index in [1.54, 1.807) is 24.3 Å². The summed E-state index contributed by atoms with van der Waals surface area (Å²) in [4.78, 5) is 30.1. The maximum Gasteiger partial charge on any atom is 0.265 e. The number of carbonyl (C=O) groups excluding carboxylic acids is 2. The molecule has 0 fully saturated rings. The largest absolute Gasteiger partial charge is 0.343 e. The molecule has 0 aliphatic carbocycles. The zero-order valence-corrected chi connectivity index (χ0v) is 15.3. The number of halogens is 1. The number of hydrogen-bond acceptors (Lipinski definition) is 3. The van der Waals surface area contributed by atoms with Gasteiger partial charge in [0.25, 0.3) is 11.8 Å². The van der Waals surface area contributed by atoms with Gasteiger partial charge in [-0.15, -0.1) is 0 Å². The van der Waals surface area contributed by atoms with E-state index in [0.29, 0.717) is 16.1 Å². The molecule has 0 radical (unpaired) electrons. The molecule has 27 heavy (non-hydrogen) atoms. The van der Waals surface area contributed by atoms with Crippen LogP contribution in [-0.4, -0.2) is 23.8 Å².